The summed E-state index contributed by atoms with van der Waals surface area (Å²) in [6.45, 7) is 1.61. The number of H-pyrrole nitrogens is 1. The van der Waals surface area contributed by atoms with E-state index >= 15 is 0 Å². The van der Waals surface area contributed by atoms with Crippen LogP contribution in [0.3, 0.4) is 0 Å². The molecule has 320 valence electrons. The molecule has 0 atom stereocenters. The molecule has 0 unspecified atom stereocenters. The number of ether oxygens (including phenoxy) is 2. The van der Waals surface area contributed by atoms with Crippen LogP contribution in [0.25, 0.3) is 22.3 Å². The molecule has 17 nitrogen and oxygen atoms in total. The second-order valence-electron chi connectivity index (χ2n) is 12.9. The van der Waals surface area contributed by atoms with E-state index < -0.39 is 53.4 Å². The quantitative estimate of drug-likeness (QED) is 0.126. The molecule has 1 saturated heterocycles. The maximum atomic E-state index is 13.5. The number of rotatable bonds is 10. The molecular formula is C33H33F9N10O7. The summed E-state index contributed by atoms with van der Waals surface area (Å²) in [5.41, 5.74) is 1.44. The van der Waals surface area contributed by atoms with Crippen molar-refractivity contribution < 1.29 is 73.6 Å². The lowest BCUT2D eigenvalue weighted by atomic mass is 9.82. The highest BCUT2D eigenvalue weighted by atomic mass is 19.4. The summed E-state index contributed by atoms with van der Waals surface area (Å²) in [5.74, 6) is -8.00. The molecule has 5 heterocycles. The van der Waals surface area contributed by atoms with Gasteiger partial charge >= 0.3 is 30.5 Å². The summed E-state index contributed by atoms with van der Waals surface area (Å²) >= 11 is 0. The van der Waals surface area contributed by atoms with Gasteiger partial charge in [-0.05, 0) is 31.7 Å². The van der Waals surface area contributed by atoms with Crippen molar-refractivity contribution in [3.63, 3.8) is 0 Å². The molecule has 1 aliphatic heterocycles. The standard InChI is InChI=1S/C29H31F3N10O3.2C2HF3O2/c1-44-11-10-35-26(43)22-12-23(40-27(39-22)29(30,31)32)45-20-4-2-19(3-5-20)41-15-28(16-41,7-8-33)42-14-18(13-38-42)24-21-6-9-34-25(21)37-17-36-24;2*3-2(4,5)1(6)7/h6,9,12-14,17,19-20H,2-5,7,10-11,15-16H2,1H3,(H,35,43)(H,34,36,37);2*(H,6,7). The zero-order valence-electron chi connectivity index (χ0n) is 30.4. The molecule has 1 aliphatic carbocycles. The Morgan fingerprint density at radius 2 is 1.63 bits per heavy atom. The number of carbonyl (C=O) groups is 3. The molecule has 4 N–H and O–H groups in total. The molecule has 4 aromatic rings. The van der Waals surface area contributed by atoms with Crippen LogP contribution < -0.4 is 10.1 Å². The molecule has 4 aromatic heterocycles. The molecule has 0 bridgehead atoms. The summed E-state index contributed by atoms with van der Waals surface area (Å²) in [5, 5.41) is 31.9. The van der Waals surface area contributed by atoms with Gasteiger partial charge in [0.05, 0.1) is 31.0 Å². The second-order valence-corrected chi connectivity index (χ2v) is 12.9. The number of amides is 1. The van der Waals surface area contributed by atoms with Gasteiger partial charge < -0.3 is 30.0 Å². The lowest BCUT2D eigenvalue weighted by Crippen LogP contribution is -2.65. The number of nitriles is 1. The van der Waals surface area contributed by atoms with Crippen LogP contribution in [0.4, 0.5) is 39.5 Å². The number of fused-ring (bicyclic) bond motifs is 1. The Bertz CT molecular complexity index is 2100. The summed E-state index contributed by atoms with van der Waals surface area (Å²) < 4.78 is 117. The number of hydrogen-bond donors (Lipinski definition) is 4. The summed E-state index contributed by atoms with van der Waals surface area (Å²) in [6.07, 6.45) is -5.38. The number of nitrogens with zero attached hydrogens (tertiary/aromatic N) is 8. The number of carboxylic acid groups (broad SMARTS) is 2. The van der Waals surface area contributed by atoms with E-state index in [1.54, 1.807) is 6.20 Å². The van der Waals surface area contributed by atoms with E-state index in [0.29, 0.717) is 32.4 Å². The predicted molar refractivity (Wildman–Crippen MR) is 180 cm³/mol. The highest BCUT2D eigenvalue weighted by Crippen LogP contribution is 2.39. The fraction of sp³-hybridized carbons (Fsp3) is 0.485. The summed E-state index contributed by atoms with van der Waals surface area (Å²) in [6, 6.07) is 5.60. The maximum Gasteiger partial charge on any atom is 0.490 e. The molecular weight excluding hydrogens is 819 g/mol. The van der Waals surface area contributed by atoms with Crippen molar-refractivity contribution >= 4 is 28.9 Å². The third-order valence-electron chi connectivity index (χ3n) is 8.81. The number of methoxy groups -OCH3 is 1. The first-order valence-corrected chi connectivity index (χ1v) is 17.0. The van der Waals surface area contributed by atoms with Gasteiger partial charge in [-0.3, -0.25) is 14.4 Å². The van der Waals surface area contributed by atoms with E-state index in [1.807, 2.05) is 23.1 Å². The van der Waals surface area contributed by atoms with Gasteiger partial charge in [0.25, 0.3) is 5.91 Å². The van der Waals surface area contributed by atoms with E-state index in [-0.39, 0.29) is 31.2 Å². The number of hydrogen-bond acceptors (Lipinski definition) is 12. The lowest BCUT2D eigenvalue weighted by molar-refractivity contribution is -0.193. The number of carbonyl (C=O) groups excluding carboxylic acids is 1. The molecule has 6 rings (SSSR count). The van der Waals surface area contributed by atoms with Crippen LogP contribution >= 0.6 is 0 Å². The smallest absolute Gasteiger partial charge is 0.475 e. The lowest BCUT2D eigenvalue weighted by Gasteiger charge is -2.53. The van der Waals surface area contributed by atoms with Gasteiger partial charge in [0.2, 0.25) is 11.7 Å². The number of nitrogens with one attached hydrogen (secondary N) is 2. The first-order valence-electron chi connectivity index (χ1n) is 17.0. The third-order valence-corrected chi connectivity index (χ3v) is 8.81. The van der Waals surface area contributed by atoms with Crippen LogP contribution in [-0.4, -0.2) is 126 Å². The van der Waals surface area contributed by atoms with Crippen LogP contribution in [0.1, 0.15) is 48.4 Å². The minimum Gasteiger partial charge on any atom is -0.475 e. The summed E-state index contributed by atoms with van der Waals surface area (Å²) in [4.78, 5) is 51.2. The zero-order chi connectivity index (χ0) is 43.8. The Labute approximate surface area is 326 Å². The van der Waals surface area contributed by atoms with Crippen LogP contribution in [0.2, 0.25) is 0 Å². The molecule has 0 aromatic carbocycles. The Balaban J connectivity index is 0.000000471. The first kappa shape index (κ1) is 45.6. The molecule has 2 aliphatic rings. The number of aromatic amines is 1. The largest absolute Gasteiger partial charge is 0.490 e. The van der Waals surface area contributed by atoms with Gasteiger partial charge in [0.1, 0.15) is 29.3 Å². The molecule has 1 amide bonds. The number of aromatic nitrogens is 7. The highest BCUT2D eigenvalue weighted by Gasteiger charge is 2.48. The summed E-state index contributed by atoms with van der Waals surface area (Å²) in [7, 11) is 1.45. The minimum absolute atomic E-state index is 0.119. The van der Waals surface area contributed by atoms with Crippen molar-refractivity contribution in [2.24, 2.45) is 0 Å². The first-order chi connectivity index (χ1) is 27.6. The van der Waals surface area contributed by atoms with E-state index in [4.69, 9.17) is 29.3 Å². The van der Waals surface area contributed by atoms with Crippen molar-refractivity contribution in [3.8, 4) is 23.2 Å². The van der Waals surface area contributed by atoms with Crippen molar-refractivity contribution in [2.75, 3.05) is 33.4 Å². The zero-order valence-corrected chi connectivity index (χ0v) is 30.4. The van der Waals surface area contributed by atoms with Crippen molar-refractivity contribution in [3.05, 3.63) is 48.6 Å². The average Bonchev–Trinajstić information content (AvgIpc) is 3.84. The number of likely N-dealkylation sites (tertiary alicyclic amines) is 1. The monoisotopic (exact) mass is 852 g/mol. The highest BCUT2D eigenvalue weighted by molar-refractivity contribution is 5.92. The number of aliphatic carboxylic acids is 2. The fourth-order valence-electron chi connectivity index (χ4n) is 6.04. The van der Waals surface area contributed by atoms with Gasteiger partial charge in [0.15, 0.2) is 0 Å². The second kappa shape index (κ2) is 18.7. The van der Waals surface area contributed by atoms with Gasteiger partial charge in [-0.15, -0.1) is 0 Å². The third kappa shape index (κ3) is 12.0. The van der Waals surface area contributed by atoms with Crippen molar-refractivity contribution in [1.29, 1.82) is 5.26 Å². The van der Waals surface area contributed by atoms with Crippen molar-refractivity contribution in [2.45, 2.75) is 68.3 Å². The molecule has 0 radical (unpaired) electrons. The van der Waals surface area contributed by atoms with E-state index in [9.17, 15) is 49.6 Å². The van der Waals surface area contributed by atoms with E-state index in [1.165, 1.54) is 13.4 Å². The van der Waals surface area contributed by atoms with Crippen LogP contribution in [0.5, 0.6) is 5.88 Å². The van der Waals surface area contributed by atoms with Crippen molar-refractivity contribution in [1.82, 2.24) is 44.9 Å². The normalized spacial score (nSPS) is 17.9. The Hall–Kier alpha value is -6.10. The van der Waals surface area contributed by atoms with Crippen LogP contribution in [0.15, 0.2) is 37.1 Å². The van der Waals surface area contributed by atoms with E-state index in [2.05, 4.69) is 46.3 Å². The molecule has 1 saturated carbocycles. The molecule has 2 fully saturated rings. The molecule has 0 spiro atoms. The van der Waals surface area contributed by atoms with Gasteiger partial charge in [-0.25, -0.2) is 24.5 Å². The Morgan fingerprint density at radius 1 is 1.00 bits per heavy atom. The number of alkyl halides is 9. The van der Waals surface area contributed by atoms with Gasteiger partial charge in [-0.2, -0.15) is 54.9 Å². The minimum atomic E-state index is -5.08. The number of carboxylic acids is 2. The Morgan fingerprint density at radius 3 is 2.19 bits per heavy atom. The van der Waals surface area contributed by atoms with Crippen LogP contribution in [0, 0.1) is 11.3 Å². The topological polar surface area (TPSA) is 234 Å². The Kier molecular flexibility index (Phi) is 14.4. The molecule has 26 heteroatoms. The number of halogens is 9. The predicted octanol–water partition coefficient (Wildman–Crippen LogP) is 4.59. The average molecular weight is 853 g/mol. The molecule has 59 heavy (non-hydrogen) atoms. The van der Waals surface area contributed by atoms with E-state index in [0.717, 1.165) is 41.2 Å². The fourth-order valence-corrected chi connectivity index (χ4v) is 6.04. The SMILES string of the molecule is COCCNC(=O)c1cc(OC2CCC(N3CC(CC#N)(n4cc(-c5ncnc6[nH]ccc56)cn4)C3)CC2)nc(C(F)(F)F)n1.O=C(O)C(F)(F)F.O=C(O)C(F)(F)F. The maximum absolute atomic E-state index is 13.5. The van der Waals surface area contributed by atoms with Crippen LogP contribution in [-0.2, 0) is 26.0 Å². The van der Waals surface area contributed by atoms with Gasteiger partial charge in [0, 0.05) is 62.2 Å². The van der Waals surface area contributed by atoms with Gasteiger partial charge in [-0.1, -0.05) is 0 Å².